The van der Waals surface area contributed by atoms with Crippen LogP contribution in [0.25, 0.3) is 0 Å². The van der Waals surface area contributed by atoms with Gasteiger partial charge in [0.25, 0.3) is 0 Å². The lowest BCUT2D eigenvalue weighted by Crippen LogP contribution is -2.71. The van der Waals surface area contributed by atoms with Gasteiger partial charge in [0.15, 0.2) is 0 Å². The lowest BCUT2D eigenvalue weighted by molar-refractivity contribution is -0.157. The van der Waals surface area contributed by atoms with Gasteiger partial charge >= 0.3 is 0 Å². The molecule has 4 nitrogen and oxygen atoms in total. The molecule has 1 heterocycles. The first kappa shape index (κ1) is 18.0. The molecule has 1 saturated heterocycles. The topological polar surface area (TPSA) is 49.4 Å². The number of carbonyl (C=O) groups excluding carboxylic acids is 2. The van der Waals surface area contributed by atoms with Crippen molar-refractivity contribution in [3.63, 3.8) is 0 Å². The molecule has 122 valence electrons. The first-order chi connectivity index (χ1) is 9.79. The third-order valence-corrected chi connectivity index (χ3v) is 4.66. The van der Waals surface area contributed by atoms with Crippen molar-refractivity contribution < 1.29 is 9.59 Å². The molecule has 1 rings (SSSR count). The Morgan fingerprint density at radius 1 is 1.14 bits per heavy atom. The van der Waals surface area contributed by atoms with Gasteiger partial charge in [-0.3, -0.25) is 9.59 Å². The van der Waals surface area contributed by atoms with Crippen molar-refractivity contribution in [2.45, 2.75) is 78.8 Å². The summed E-state index contributed by atoms with van der Waals surface area (Å²) >= 11 is 0. The van der Waals surface area contributed by atoms with Crippen LogP contribution in [0.15, 0.2) is 0 Å². The minimum atomic E-state index is -0.694. The minimum absolute atomic E-state index is 0.0119. The van der Waals surface area contributed by atoms with Gasteiger partial charge in [0, 0.05) is 6.54 Å². The van der Waals surface area contributed by atoms with E-state index in [1.54, 1.807) is 0 Å². The van der Waals surface area contributed by atoms with Gasteiger partial charge in [0.05, 0.1) is 0 Å². The average Bonchev–Trinajstić information content (AvgIpc) is 2.41. The number of nitrogens with zero attached hydrogens (tertiary/aromatic N) is 1. The Labute approximate surface area is 129 Å². The minimum Gasteiger partial charge on any atom is -0.340 e. The van der Waals surface area contributed by atoms with Crippen LogP contribution in [0.2, 0.25) is 0 Å². The second-order valence-corrected chi connectivity index (χ2v) is 7.00. The number of piperazine rings is 1. The Hall–Kier alpha value is -1.06. The molecule has 0 aromatic heterocycles. The molecule has 0 saturated carbocycles. The van der Waals surface area contributed by atoms with E-state index in [1.807, 2.05) is 32.6 Å². The van der Waals surface area contributed by atoms with E-state index in [0.717, 1.165) is 12.8 Å². The molecule has 1 atom stereocenters. The lowest BCUT2D eigenvalue weighted by atomic mass is 9.84. The van der Waals surface area contributed by atoms with Crippen LogP contribution in [0.4, 0.5) is 0 Å². The van der Waals surface area contributed by atoms with Gasteiger partial charge in [-0.1, -0.05) is 41.5 Å². The highest BCUT2D eigenvalue weighted by Gasteiger charge is 2.49. The molecule has 21 heavy (non-hydrogen) atoms. The van der Waals surface area contributed by atoms with E-state index in [-0.39, 0.29) is 23.8 Å². The van der Waals surface area contributed by atoms with E-state index >= 15 is 0 Å². The summed E-state index contributed by atoms with van der Waals surface area (Å²) in [5.74, 6) is 0.880. The monoisotopic (exact) mass is 296 g/mol. The molecule has 2 amide bonds. The molecule has 4 heteroatoms. The summed E-state index contributed by atoms with van der Waals surface area (Å²) in [6, 6.07) is -0.323. The van der Waals surface area contributed by atoms with Gasteiger partial charge in [-0.05, 0) is 37.5 Å². The number of hydrogen-bond donors (Lipinski definition) is 1. The number of nitrogens with one attached hydrogen (secondary N) is 1. The van der Waals surface area contributed by atoms with Gasteiger partial charge in [-0.15, -0.1) is 0 Å². The maximum Gasteiger partial charge on any atom is 0.248 e. The van der Waals surface area contributed by atoms with Crippen LogP contribution in [-0.2, 0) is 9.59 Å². The zero-order valence-electron chi connectivity index (χ0n) is 14.5. The van der Waals surface area contributed by atoms with Gasteiger partial charge in [0.2, 0.25) is 11.8 Å². The van der Waals surface area contributed by atoms with Crippen molar-refractivity contribution in [2.75, 3.05) is 6.54 Å². The SMILES string of the molecule is CCC1(CC)NC(=O)C(C(C)C)N(CCCC(C)C)C1=O. The zero-order chi connectivity index (χ0) is 16.2. The van der Waals surface area contributed by atoms with E-state index in [1.165, 1.54) is 0 Å². The van der Waals surface area contributed by atoms with Crippen LogP contribution < -0.4 is 5.32 Å². The molecule has 1 unspecified atom stereocenters. The molecule has 1 fully saturated rings. The molecular formula is C17H32N2O2. The van der Waals surface area contributed by atoms with E-state index in [9.17, 15) is 9.59 Å². The summed E-state index contributed by atoms with van der Waals surface area (Å²) < 4.78 is 0. The smallest absolute Gasteiger partial charge is 0.248 e. The highest BCUT2D eigenvalue weighted by Crippen LogP contribution is 2.28. The fraction of sp³-hybridized carbons (Fsp3) is 0.882. The molecule has 0 aromatic carbocycles. The summed E-state index contributed by atoms with van der Waals surface area (Å²) in [5.41, 5.74) is -0.694. The Morgan fingerprint density at radius 3 is 2.14 bits per heavy atom. The van der Waals surface area contributed by atoms with Crippen LogP contribution in [0.1, 0.15) is 67.2 Å². The van der Waals surface area contributed by atoms with Gasteiger partial charge in [0.1, 0.15) is 11.6 Å². The molecule has 0 radical (unpaired) electrons. The summed E-state index contributed by atoms with van der Waals surface area (Å²) in [6.07, 6.45) is 3.35. The Bertz CT molecular complexity index is 373. The van der Waals surface area contributed by atoms with Crippen LogP contribution in [0.5, 0.6) is 0 Å². The van der Waals surface area contributed by atoms with Crippen molar-refractivity contribution in [3.05, 3.63) is 0 Å². The molecular weight excluding hydrogens is 264 g/mol. The summed E-state index contributed by atoms with van der Waals surface area (Å²) in [6.45, 7) is 13.0. The maximum atomic E-state index is 13.0. The number of amides is 2. The fourth-order valence-electron chi connectivity index (χ4n) is 3.21. The Kier molecular flexibility index (Phi) is 6.24. The first-order valence-corrected chi connectivity index (χ1v) is 8.42. The largest absolute Gasteiger partial charge is 0.340 e. The predicted molar refractivity (Wildman–Crippen MR) is 85.9 cm³/mol. The van der Waals surface area contributed by atoms with E-state index in [4.69, 9.17) is 0 Å². The third-order valence-electron chi connectivity index (χ3n) is 4.66. The average molecular weight is 296 g/mol. The molecule has 0 bridgehead atoms. The van der Waals surface area contributed by atoms with Gasteiger partial charge in [-0.2, -0.15) is 0 Å². The Balaban J connectivity index is 2.98. The molecule has 0 spiro atoms. The molecule has 0 aromatic rings. The number of rotatable bonds is 7. The van der Waals surface area contributed by atoms with Crippen molar-refractivity contribution in [1.29, 1.82) is 0 Å². The summed E-state index contributed by atoms with van der Waals surface area (Å²) in [5, 5.41) is 3.01. The number of hydrogen-bond acceptors (Lipinski definition) is 2. The summed E-state index contributed by atoms with van der Waals surface area (Å²) in [7, 11) is 0. The second-order valence-electron chi connectivity index (χ2n) is 7.00. The van der Waals surface area contributed by atoms with Crippen molar-refractivity contribution >= 4 is 11.8 Å². The van der Waals surface area contributed by atoms with Crippen molar-refractivity contribution in [1.82, 2.24) is 10.2 Å². The van der Waals surface area contributed by atoms with Crippen LogP contribution in [-0.4, -0.2) is 34.8 Å². The maximum absolute atomic E-state index is 13.0. The highest BCUT2D eigenvalue weighted by atomic mass is 16.2. The highest BCUT2D eigenvalue weighted by molar-refractivity contribution is 5.99. The molecule has 1 N–H and O–H groups in total. The molecule has 1 aliphatic heterocycles. The molecule has 0 aliphatic carbocycles. The van der Waals surface area contributed by atoms with Crippen molar-refractivity contribution in [3.8, 4) is 0 Å². The van der Waals surface area contributed by atoms with E-state index < -0.39 is 5.54 Å². The first-order valence-electron chi connectivity index (χ1n) is 8.42. The lowest BCUT2D eigenvalue weighted by Gasteiger charge is -2.47. The van der Waals surface area contributed by atoms with Gasteiger partial charge in [-0.25, -0.2) is 0 Å². The second kappa shape index (κ2) is 7.28. The Morgan fingerprint density at radius 2 is 1.71 bits per heavy atom. The normalized spacial score (nSPS) is 22.1. The fourth-order valence-corrected chi connectivity index (χ4v) is 3.21. The van der Waals surface area contributed by atoms with Crippen LogP contribution >= 0.6 is 0 Å². The van der Waals surface area contributed by atoms with Crippen LogP contribution in [0, 0.1) is 11.8 Å². The number of carbonyl (C=O) groups is 2. The quantitative estimate of drug-likeness (QED) is 0.785. The zero-order valence-corrected chi connectivity index (χ0v) is 14.5. The standard InChI is InChI=1S/C17H32N2O2/c1-7-17(8-2)16(21)19(11-9-10-12(3)4)14(13(5)6)15(20)18-17/h12-14H,7-11H2,1-6H3,(H,18,20). The predicted octanol–water partition coefficient (Wildman–Crippen LogP) is 2.96. The van der Waals surface area contributed by atoms with Gasteiger partial charge < -0.3 is 10.2 Å². The van der Waals surface area contributed by atoms with Crippen LogP contribution in [0.3, 0.4) is 0 Å². The third kappa shape index (κ3) is 3.78. The van der Waals surface area contributed by atoms with Crippen molar-refractivity contribution in [2.24, 2.45) is 11.8 Å². The van der Waals surface area contributed by atoms with E-state index in [0.29, 0.717) is 25.3 Å². The molecule has 1 aliphatic rings. The van der Waals surface area contributed by atoms with E-state index in [2.05, 4.69) is 19.2 Å². The summed E-state index contributed by atoms with van der Waals surface area (Å²) in [4.78, 5) is 27.3.